The zero-order valence-corrected chi connectivity index (χ0v) is 11.1. The van der Waals surface area contributed by atoms with E-state index in [0.717, 1.165) is 11.3 Å². The molecule has 1 aromatic heterocycles. The summed E-state index contributed by atoms with van der Waals surface area (Å²) < 4.78 is 14.2. The van der Waals surface area contributed by atoms with E-state index in [1.807, 2.05) is 0 Å². The molecule has 0 spiro atoms. The maximum atomic E-state index is 13.7. The molecule has 1 aromatic carbocycles. The maximum absolute atomic E-state index is 13.7. The maximum Gasteiger partial charge on any atom is 0.347 e. The predicted octanol–water partition coefficient (Wildman–Crippen LogP) is 3.72. The van der Waals surface area contributed by atoms with Crippen molar-refractivity contribution >= 4 is 33.2 Å². The number of halogens is 2. The standard InChI is InChI=1S/C11H7BrFNO2S/c1-5-9(11(15)16)17-10(14-5)8-6(12)3-2-4-7(8)13/h2-4H,1H3,(H,15,16). The summed E-state index contributed by atoms with van der Waals surface area (Å²) in [4.78, 5) is 15.1. The molecule has 0 atom stereocenters. The minimum Gasteiger partial charge on any atom is -0.477 e. The van der Waals surface area contributed by atoms with Crippen LogP contribution < -0.4 is 0 Å². The summed E-state index contributed by atoms with van der Waals surface area (Å²) in [6.07, 6.45) is 0. The van der Waals surface area contributed by atoms with E-state index in [1.165, 1.54) is 6.07 Å². The Morgan fingerprint density at radius 2 is 2.24 bits per heavy atom. The smallest absolute Gasteiger partial charge is 0.347 e. The van der Waals surface area contributed by atoms with E-state index in [-0.39, 0.29) is 4.88 Å². The third-order valence-corrected chi connectivity index (χ3v) is 3.99. The van der Waals surface area contributed by atoms with Gasteiger partial charge in [0.15, 0.2) is 0 Å². The van der Waals surface area contributed by atoms with Gasteiger partial charge in [-0.1, -0.05) is 6.07 Å². The third-order valence-electron chi connectivity index (χ3n) is 2.17. The van der Waals surface area contributed by atoms with Crippen LogP contribution in [-0.2, 0) is 0 Å². The van der Waals surface area contributed by atoms with Gasteiger partial charge in [0.05, 0.1) is 11.3 Å². The lowest BCUT2D eigenvalue weighted by atomic mass is 10.2. The molecule has 0 fully saturated rings. The van der Waals surface area contributed by atoms with Crippen LogP contribution in [0.2, 0.25) is 0 Å². The van der Waals surface area contributed by atoms with Crippen molar-refractivity contribution in [2.75, 3.05) is 0 Å². The van der Waals surface area contributed by atoms with Crippen molar-refractivity contribution < 1.29 is 14.3 Å². The highest BCUT2D eigenvalue weighted by Crippen LogP contribution is 2.34. The van der Waals surface area contributed by atoms with Crippen LogP contribution in [-0.4, -0.2) is 16.1 Å². The Labute approximate surface area is 109 Å². The number of thiazole rings is 1. The number of rotatable bonds is 2. The van der Waals surface area contributed by atoms with Gasteiger partial charge in [-0.2, -0.15) is 0 Å². The summed E-state index contributed by atoms with van der Waals surface area (Å²) in [6.45, 7) is 1.60. The van der Waals surface area contributed by atoms with Crippen LogP contribution in [0.5, 0.6) is 0 Å². The van der Waals surface area contributed by atoms with E-state index in [1.54, 1.807) is 19.1 Å². The van der Waals surface area contributed by atoms with Crippen LogP contribution in [0.3, 0.4) is 0 Å². The number of carboxylic acids is 1. The fourth-order valence-electron chi connectivity index (χ4n) is 1.40. The minimum absolute atomic E-state index is 0.134. The summed E-state index contributed by atoms with van der Waals surface area (Å²) in [5, 5.41) is 9.30. The second-order valence-corrected chi connectivity index (χ2v) is 5.19. The molecule has 2 aromatic rings. The minimum atomic E-state index is -1.04. The number of aryl methyl sites for hydroxylation is 1. The summed E-state index contributed by atoms with van der Waals surface area (Å²) in [5.74, 6) is -1.47. The van der Waals surface area contributed by atoms with Crippen molar-refractivity contribution in [3.8, 4) is 10.6 Å². The van der Waals surface area contributed by atoms with E-state index in [9.17, 15) is 9.18 Å². The summed E-state index contributed by atoms with van der Waals surface area (Å²) in [5.41, 5.74) is 0.695. The van der Waals surface area contributed by atoms with Gasteiger partial charge in [0.2, 0.25) is 0 Å². The van der Waals surface area contributed by atoms with Crippen molar-refractivity contribution in [2.24, 2.45) is 0 Å². The summed E-state index contributed by atoms with van der Waals surface area (Å²) >= 11 is 4.20. The zero-order chi connectivity index (χ0) is 12.6. The second kappa shape index (κ2) is 4.54. The van der Waals surface area contributed by atoms with E-state index in [4.69, 9.17) is 5.11 Å². The van der Waals surface area contributed by atoms with Gasteiger partial charge in [-0.05, 0) is 35.0 Å². The van der Waals surface area contributed by atoms with Crippen LogP contribution in [0, 0.1) is 12.7 Å². The summed E-state index contributed by atoms with van der Waals surface area (Å²) in [6, 6.07) is 4.58. The first-order chi connectivity index (χ1) is 8.00. The molecule has 88 valence electrons. The fourth-order valence-corrected chi connectivity index (χ4v) is 3.03. The Bertz CT molecular complexity index is 577. The molecule has 1 N–H and O–H groups in total. The number of benzene rings is 1. The van der Waals surface area contributed by atoms with Gasteiger partial charge in [-0.15, -0.1) is 11.3 Å². The molecule has 0 saturated heterocycles. The lowest BCUT2D eigenvalue weighted by molar-refractivity contribution is 0.0701. The normalized spacial score (nSPS) is 10.5. The van der Waals surface area contributed by atoms with Crippen molar-refractivity contribution in [1.82, 2.24) is 4.98 Å². The number of hydrogen-bond donors (Lipinski definition) is 1. The van der Waals surface area contributed by atoms with E-state index < -0.39 is 11.8 Å². The van der Waals surface area contributed by atoms with Crippen LogP contribution in [0.25, 0.3) is 10.6 Å². The number of aromatic nitrogens is 1. The van der Waals surface area contributed by atoms with Crippen molar-refractivity contribution in [1.29, 1.82) is 0 Å². The quantitative estimate of drug-likeness (QED) is 0.919. The zero-order valence-electron chi connectivity index (χ0n) is 8.70. The molecule has 3 nitrogen and oxygen atoms in total. The molecule has 0 unspecified atom stereocenters. The van der Waals surface area contributed by atoms with Crippen molar-refractivity contribution in [3.05, 3.63) is 39.1 Å². The topological polar surface area (TPSA) is 50.2 Å². The number of hydrogen-bond acceptors (Lipinski definition) is 3. The number of carbonyl (C=O) groups is 1. The lowest BCUT2D eigenvalue weighted by Gasteiger charge is -2.01. The highest BCUT2D eigenvalue weighted by molar-refractivity contribution is 9.10. The van der Waals surface area contributed by atoms with Crippen LogP contribution >= 0.6 is 27.3 Å². The molecule has 2 rings (SSSR count). The largest absolute Gasteiger partial charge is 0.477 e. The monoisotopic (exact) mass is 315 g/mol. The first-order valence-electron chi connectivity index (χ1n) is 4.66. The molecule has 17 heavy (non-hydrogen) atoms. The highest BCUT2D eigenvalue weighted by atomic mass is 79.9. The van der Waals surface area contributed by atoms with Gasteiger partial charge in [0, 0.05) is 4.47 Å². The molecule has 0 aliphatic rings. The predicted molar refractivity (Wildman–Crippen MR) is 66.9 cm³/mol. The van der Waals surface area contributed by atoms with E-state index in [0.29, 0.717) is 20.7 Å². The number of carboxylic acid groups (broad SMARTS) is 1. The molecule has 0 amide bonds. The molecule has 0 aliphatic heterocycles. The first kappa shape index (κ1) is 12.2. The van der Waals surface area contributed by atoms with E-state index in [2.05, 4.69) is 20.9 Å². The van der Waals surface area contributed by atoms with Gasteiger partial charge < -0.3 is 5.11 Å². The van der Waals surface area contributed by atoms with Gasteiger partial charge in [-0.25, -0.2) is 14.2 Å². The van der Waals surface area contributed by atoms with E-state index >= 15 is 0 Å². The molecule has 0 bridgehead atoms. The Hall–Kier alpha value is -1.27. The third kappa shape index (κ3) is 2.23. The van der Waals surface area contributed by atoms with Gasteiger partial charge >= 0.3 is 5.97 Å². The van der Waals surface area contributed by atoms with Gasteiger partial charge in [-0.3, -0.25) is 0 Å². The molecule has 0 saturated carbocycles. The second-order valence-electron chi connectivity index (χ2n) is 3.34. The van der Waals surface area contributed by atoms with Gasteiger partial charge in [0.25, 0.3) is 0 Å². The van der Waals surface area contributed by atoms with Gasteiger partial charge in [0.1, 0.15) is 15.7 Å². The molecule has 1 heterocycles. The Morgan fingerprint density at radius 1 is 1.53 bits per heavy atom. The Morgan fingerprint density at radius 3 is 2.76 bits per heavy atom. The van der Waals surface area contributed by atoms with Crippen molar-refractivity contribution in [2.45, 2.75) is 6.92 Å². The lowest BCUT2D eigenvalue weighted by Crippen LogP contribution is -1.94. The molecule has 0 aliphatic carbocycles. The average Bonchev–Trinajstić information content (AvgIpc) is 2.60. The molecule has 6 heteroatoms. The Kier molecular flexibility index (Phi) is 3.26. The first-order valence-corrected chi connectivity index (χ1v) is 6.26. The highest BCUT2D eigenvalue weighted by Gasteiger charge is 2.18. The molecule has 0 radical (unpaired) electrons. The molecular formula is C11H7BrFNO2S. The number of aromatic carboxylic acids is 1. The van der Waals surface area contributed by atoms with Crippen LogP contribution in [0.15, 0.2) is 22.7 Å². The number of nitrogens with zero attached hydrogens (tertiary/aromatic N) is 1. The van der Waals surface area contributed by atoms with Crippen molar-refractivity contribution in [3.63, 3.8) is 0 Å². The SMILES string of the molecule is Cc1nc(-c2c(F)cccc2Br)sc1C(=O)O. The summed E-state index contributed by atoms with van der Waals surface area (Å²) in [7, 11) is 0. The van der Waals surface area contributed by atoms with Crippen LogP contribution in [0.4, 0.5) is 4.39 Å². The average molecular weight is 316 g/mol. The Balaban J connectivity index is 2.62. The van der Waals surface area contributed by atoms with Crippen LogP contribution in [0.1, 0.15) is 15.4 Å². The molecular weight excluding hydrogens is 309 g/mol. The fraction of sp³-hybridized carbons (Fsp3) is 0.0909.